The SMILES string of the molecule is COCCOc1cc(C(=O)N(CC(C)C)[C@@H]2CCCNC2)nc2c(OCC(=O)C(C)(C)C)cccc12. The zero-order valence-corrected chi connectivity index (χ0v) is 22.6. The van der Waals surface area contributed by atoms with Crippen molar-refractivity contribution in [3.8, 4) is 11.5 Å². The van der Waals surface area contributed by atoms with Crippen molar-refractivity contribution < 1.29 is 23.8 Å². The van der Waals surface area contributed by atoms with Gasteiger partial charge in [0.1, 0.15) is 35.9 Å². The Hall–Kier alpha value is -2.71. The number of methoxy groups -OCH3 is 1. The number of amides is 1. The molecule has 1 amide bonds. The summed E-state index contributed by atoms with van der Waals surface area (Å²) in [4.78, 5) is 33.1. The molecule has 8 nitrogen and oxygen atoms in total. The molecule has 1 atom stereocenters. The number of nitrogens with one attached hydrogen (secondary N) is 1. The van der Waals surface area contributed by atoms with Crippen LogP contribution in [0.15, 0.2) is 24.3 Å². The van der Waals surface area contributed by atoms with Crippen molar-refractivity contribution in [1.29, 1.82) is 0 Å². The third-order valence-corrected chi connectivity index (χ3v) is 6.26. The smallest absolute Gasteiger partial charge is 0.272 e. The number of para-hydroxylation sites is 1. The van der Waals surface area contributed by atoms with Crippen LogP contribution in [-0.2, 0) is 9.53 Å². The maximum Gasteiger partial charge on any atom is 0.272 e. The molecular formula is C28H41N3O5. The first kappa shape index (κ1) is 27.9. The van der Waals surface area contributed by atoms with Gasteiger partial charge in [0.2, 0.25) is 0 Å². The van der Waals surface area contributed by atoms with Gasteiger partial charge in [-0.05, 0) is 37.4 Å². The van der Waals surface area contributed by atoms with Crippen molar-refractivity contribution in [1.82, 2.24) is 15.2 Å². The van der Waals surface area contributed by atoms with Crippen LogP contribution < -0.4 is 14.8 Å². The van der Waals surface area contributed by atoms with E-state index in [4.69, 9.17) is 19.2 Å². The van der Waals surface area contributed by atoms with Gasteiger partial charge in [0, 0.05) is 43.1 Å². The molecule has 0 radical (unpaired) electrons. The summed E-state index contributed by atoms with van der Waals surface area (Å²) >= 11 is 0. The summed E-state index contributed by atoms with van der Waals surface area (Å²) in [5.74, 6) is 1.16. The largest absolute Gasteiger partial charge is 0.490 e. The maximum absolute atomic E-state index is 13.9. The van der Waals surface area contributed by atoms with E-state index in [9.17, 15) is 9.59 Å². The summed E-state index contributed by atoms with van der Waals surface area (Å²) in [6.45, 7) is 12.9. The molecule has 2 aromatic rings. The van der Waals surface area contributed by atoms with Crippen LogP contribution >= 0.6 is 0 Å². The topological polar surface area (TPSA) is 90.0 Å². The van der Waals surface area contributed by atoms with E-state index in [0.29, 0.717) is 48.4 Å². The number of rotatable bonds is 11. The second kappa shape index (κ2) is 12.5. The number of carbonyl (C=O) groups excluding carboxylic acids is 2. The molecule has 1 N–H and O–H groups in total. The van der Waals surface area contributed by atoms with Crippen LogP contribution in [-0.4, -0.2) is 74.2 Å². The van der Waals surface area contributed by atoms with Gasteiger partial charge in [-0.3, -0.25) is 9.59 Å². The van der Waals surface area contributed by atoms with Crippen LogP contribution in [0.5, 0.6) is 11.5 Å². The van der Waals surface area contributed by atoms with Crippen molar-refractivity contribution in [2.75, 3.05) is 46.6 Å². The minimum atomic E-state index is -0.515. The zero-order chi connectivity index (χ0) is 26.3. The van der Waals surface area contributed by atoms with E-state index < -0.39 is 5.41 Å². The normalized spacial score (nSPS) is 16.2. The van der Waals surface area contributed by atoms with Crippen molar-refractivity contribution >= 4 is 22.6 Å². The van der Waals surface area contributed by atoms with Crippen LogP contribution in [0.25, 0.3) is 10.9 Å². The summed E-state index contributed by atoms with van der Waals surface area (Å²) in [5.41, 5.74) is 0.293. The Bertz CT molecular complexity index is 1040. The lowest BCUT2D eigenvalue weighted by Gasteiger charge is -2.35. The quantitative estimate of drug-likeness (QED) is 0.466. The highest BCUT2D eigenvalue weighted by atomic mass is 16.5. The lowest BCUT2D eigenvalue weighted by Crippen LogP contribution is -2.50. The molecule has 198 valence electrons. The van der Waals surface area contributed by atoms with Crippen LogP contribution in [0.1, 0.15) is 57.9 Å². The Morgan fingerprint density at radius 2 is 1.94 bits per heavy atom. The molecule has 1 aromatic carbocycles. The second-order valence-corrected chi connectivity index (χ2v) is 10.8. The lowest BCUT2D eigenvalue weighted by atomic mass is 9.91. The van der Waals surface area contributed by atoms with Gasteiger partial charge in [0.25, 0.3) is 5.91 Å². The Morgan fingerprint density at radius 1 is 1.17 bits per heavy atom. The summed E-state index contributed by atoms with van der Waals surface area (Å²) in [6.07, 6.45) is 1.99. The van der Waals surface area contributed by atoms with E-state index in [2.05, 4.69) is 19.2 Å². The highest BCUT2D eigenvalue weighted by Crippen LogP contribution is 2.33. The average Bonchev–Trinajstić information content (AvgIpc) is 2.85. The maximum atomic E-state index is 13.9. The fraction of sp³-hybridized carbons (Fsp3) is 0.607. The third-order valence-electron chi connectivity index (χ3n) is 6.26. The zero-order valence-electron chi connectivity index (χ0n) is 22.6. The van der Waals surface area contributed by atoms with Crippen molar-refractivity contribution in [3.63, 3.8) is 0 Å². The summed E-state index contributed by atoms with van der Waals surface area (Å²) in [5, 5.41) is 4.13. The number of hydrogen-bond acceptors (Lipinski definition) is 7. The highest BCUT2D eigenvalue weighted by Gasteiger charge is 2.29. The van der Waals surface area contributed by atoms with Crippen molar-refractivity contribution in [2.24, 2.45) is 11.3 Å². The predicted octanol–water partition coefficient (Wildman–Crippen LogP) is 4.10. The fourth-order valence-corrected chi connectivity index (χ4v) is 4.17. The standard InChI is InChI=1S/C28H41N3O5/c1-19(2)17-31(20-9-8-12-29-16-20)27(33)22-15-24(35-14-13-34-6)21-10-7-11-23(26(21)30-22)36-18-25(32)28(3,4)5/h7,10-11,15,19-20,29H,8-9,12-14,16-18H2,1-6H3/t20-/m1/s1. The number of hydrogen-bond donors (Lipinski definition) is 1. The number of ether oxygens (including phenoxy) is 3. The van der Waals surface area contributed by atoms with Crippen LogP contribution in [0.4, 0.5) is 0 Å². The molecule has 0 unspecified atom stereocenters. The summed E-state index contributed by atoms with van der Waals surface area (Å²) in [7, 11) is 1.61. The van der Waals surface area contributed by atoms with Gasteiger partial charge in [0.05, 0.1) is 6.61 Å². The molecule has 8 heteroatoms. The predicted molar refractivity (Wildman–Crippen MR) is 141 cm³/mol. The van der Waals surface area contributed by atoms with Gasteiger partial charge >= 0.3 is 0 Å². The van der Waals surface area contributed by atoms with E-state index in [0.717, 1.165) is 31.3 Å². The average molecular weight is 500 g/mol. The Labute approximate surface area is 214 Å². The molecule has 0 saturated carbocycles. The van der Waals surface area contributed by atoms with E-state index >= 15 is 0 Å². The molecule has 1 aromatic heterocycles. The number of nitrogens with zero attached hydrogens (tertiary/aromatic N) is 2. The summed E-state index contributed by atoms with van der Waals surface area (Å²) in [6, 6.07) is 7.32. The lowest BCUT2D eigenvalue weighted by molar-refractivity contribution is -0.128. The molecule has 0 aliphatic carbocycles. The molecule has 1 aliphatic heterocycles. The number of carbonyl (C=O) groups is 2. The van der Waals surface area contributed by atoms with Gasteiger partial charge < -0.3 is 24.4 Å². The number of Topliss-reactive ketones (excluding diaryl/α,β-unsaturated/α-hetero) is 1. The van der Waals surface area contributed by atoms with Crippen molar-refractivity contribution in [2.45, 2.75) is 53.5 Å². The van der Waals surface area contributed by atoms with Gasteiger partial charge in [-0.2, -0.15) is 0 Å². The van der Waals surface area contributed by atoms with Crippen LogP contribution in [0.2, 0.25) is 0 Å². The molecule has 1 fully saturated rings. The Morgan fingerprint density at radius 3 is 2.58 bits per heavy atom. The van der Waals surface area contributed by atoms with E-state index in [1.807, 2.05) is 37.8 Å². The number of benzene rings is 1. The number of fused-ring (bicyclic) bond motifs is 1. The molecule has 1 saturated heterocycles. The van der Waals surface area contributed by atoms with Gasteiger partial charge in [-0.15, -0.1) is 0 Å². The fourth-order valence-electron chi connectivity index (χ4n) is 4.17. The van der Waals surface area contributed by atoms with Crippen molar-refractivity contribution in [3.05, 3.63) is 30.0 Å². The Balaban J connectivity index is 2.02. The first-order chi connectivity index (χ1) is 17.1. The summed E-state index contributed by atoms with van der Waals surface area (Å²) < 4.78 is 17.1. The molecule has 36 heavy (non-hydrogen) atoms. The molecule has 1 aliphatic rings. The van der Waals surface area contributed by atoms with Crippen LogP contribution in [0.3, 0.4) is 0 Å². The highest BCUT2D eigenvalue weighted by molar-refractivity contribution is 5.99. The van der Waals surface area contributed by atoms with E-state index in [-0.39, 0.29) is 24.3 Å². The van der Waals surface area contributed by atoms with Crippen LogP contribution in [0, 0.1) is 11.3 Å². The minimum Gasteiger partial charge on any atom is -0.490 e. The van der Waals surface area contributed by atoms with E-state index in [1.54, 1.807) is 19.2 Å². The number of aromatic nitrogens is 1. The number of piperidine rings is 1. The molecule has 3 rings (SSSR count). The molecule has 0 bridgehead atoms. The number of pyridine rings is 1. The molecule has 2 heterocycles. The van der Waals surface area contributed by atoms with E-state index in [1.165, 1.54) is 0 Å². The first-order valence-corrected chi connectivity index (χ1v) is 12.8. The van der Waals surface area contributed by atoms with Gasteiger partial charge in [-0.25, -0.2) is 4.98 Å². The van der Waals surface area contributed by atoms with Gasteiger partial charge in [-0.1, -0.05) is 40.7 Å². The van der Waals surface area contributed by atoms with Gasteiger partial charge in [0.15, 0.2) is 5.78 Å². The number of ketones is 1. The second-order valence-electron chi connectivity index (χ2n) is 10.8. The molecular weight excluding hydrogens is 458 g/mol. The molecule has 0 spiro atoms. The first-order valence-electron chi connectivity index (χ1n) is 12.8. The Kier molecular flexibility index (Phi) is 9.68. The minimum absolute atomic E-state index is 0.0174. The third kappa shape index (κ3) is 7.17. The monoisotopic (exact) mass is 499 g/mol.